The number of hydrogen-bond acceptors (Lipinski definition) is 10. The summed E-state index contributed by atoms with van der Waals surface area (Å²) < 4.78 is 40.0. The van der Waals surface area contributed by atoms with Gasteiger partial charge in [0.1, 0.15) is 11.3 Å². The lowest BCUT2D eigenvalue weighted by atomic mass is 9.95. The van der Waals surface area contributed by atoms with E-state index in [9.17, 15) is 14.4 Å². The number of fused-ring (bicyclic) bond motifs is 1. The fourth-order valence-corrected chi connectivity index (χ4v) is 5.00. The Balaban J connectivity index is 2.11. The number of methoxy groups -OCH3 is 5. The van der Waals surface area contributed by atoms with E-state index in [4.69, 9.17) is 33.2 Å². The van der Waals surface area contributed by atoms with E-state index in [1.807, 2.05) is 6.92 Å². The van der Waals surface area contributed by atoms with Crippen LogP contribution in [0.5, 0.6) is 28.7 Å². The van der Waals surface area contributed by atoms with Crippen molar-refractivity contribution in [3.63, 3.8) is 0 Å². The lowest BCUT2D eigenvalue weighted by Gasteiger charge is -2.22. The number of nitrogens with zero attached hydrogens (tertiary/aromatic N) is 1. The standard InChI is InChI=1S/C34H38N2O10/c1-10-45-25-17-22-23(18-24(25)40-5)31(37)36(21-13-11-20(12-14-21)35-33(39)46-34(2,3)4)29(32(38)44-9)28(22)19-15-26(41-6)30(43-8)27(16-19)42-7/h11-18H,10H2,1-9H3,(H,35,39). The van der Waals surface area contributed by atoms with Crippen LogP contribution in [0.3, 0.4) is 0 Å². The van der Waals surface area contributed by atoms with E-state index >= 15 is 0 Å². The Labute approximate surface area is 266 Å². The second kappa shape index (κ2) is 13.7. The van der Waals surface area contributed by atoms with Crippen molar-refractivity contribution in [2.24, 2.45) is 0 Å². The Kier molecular flexibility index (Phi) is 9.99. The van der Waals surface area contributed by atoms with Crippen molar-refractivity contribution in [3.8, 4) is 45.6 Å². The number of anilines is 1. The summed E-state index contributed by atoms with van der Waals surface area (Å²) in [6.45, 7) is 7.42. The first-order valence-electron chi connectivity index (χ1n) is 14.3. The molecule has 0 spiro atoms. The molecule has 3 aromatic carbocycles. The van der Waals surface area contributed by atoms with Gasteiger partial charge in [-0.15, -0.1) is 0 Å². The number of benzene rings is 3. The third kappa shape index (κ3) is 6.65. The van der Waals surface area contributed by atoms with Gasteiger partial charge in [-0.3, -0.25) is 14.7 Å². The number of carbonyl (C=O) groups excluding carboxylic acids is 2. The van der Waals surface area contributed by atoms with Crippen LogP contribution in [-0.4, -0.2) is 64.4 Å². The second-order valence-corrected chi connectivity index (χ2v) is 10.9. The van der Waals surface area contributed by atoms with Crippen molar-refractivity contribution in [2.75, 3.05) is 47.5 Å². The molecular weight excluding hydrogens is 596 g/mol. The Morgan fingerprint density at radius 2 is 1.37 bits per heavy atom. The van der Waals surface area contributed by atoms with Crippen LogP contribution in [0.1, 0.15) is 38.2 Å². The molecule has 1 aromatic heterocycles. The SMILES string of the molecule is CCOc1cc2c(-c3cc(OC)c(OC)c(OC)c3)c(C(=O)OC)n(-c3ccc(NC(=O)OC(C)(C)C)cc3)c(=O)c2cc1OC. The summed E-state index contributed by atoms with van der Waals surface area (Å²) in [7, 11) is 7.14. The molecule has 46 heavy (non-hydrogen) atoms. The predicted molar refractivity (Wildman–Crippen MR) is 174 cm³/mol. The average Bonchev–Trinajstić information content (AvgIpc) is 3.03. The third-order valence-electron chi connectivity index (χ3n) is 6.87. The molecular formula is C34H38N2O10. The molecule has 1 heterocycles. The van der Waals surface area contributed by atoms with Crippen LogP contribution in [0.2, 0.25) is 0 Å². The maximum atomic E-state index is 14.4. The van der Waals surface area contributed by atoms with Gasteiger partial charge < -0.3 is 33.2 Å². The van der Waals surface area contributed by atoms with E-state index in [1.165, 1.54) is 40.1 Å². The topological polar surface area (TPSA) is 133 Å². The highest BCUT2D eigenvalue weighted by Crippen LogP contribution is 2.45. The number of amides is 1. The summed E-state index contributed by atoms with van der Waals surface area (Å²) in [6.07, 6.45) is -0.639. The van der Waals surface area contributed by atoms with E-state index in [0.717, 1.165) is 0 Å². The van der Waals surface area contributed by atoms with E-state index in [2.05, 4.69) is 5.32 Å². The number of esters is 1. The maximum absolute atomic E-state index is 14.4. The van der Waals surface area contributed by atoms with Gasteiger partial charge in [0.15, 0.2) is 23.0 Å². The molecule has 0 saturated heterocycles. The molecule has 0 fully saturated rings. The molecule has 0 aliphatic carbocycles. The van der Waals surface area contributed by atoms with E-state index < -0.39 is 23.2 Å². The first-order chi connectivity index (χ1) is 21.9. The number of nitrogens with one attached hydrogen (secondary N) is 1. The van der Waals surface area contributed by atoms with Gasteiger partial charge in [-0.2, -0.15) is 0 Å². The van der Waals surface area contributed by atoms with Crippen molar-refractivity contribution in [1.82, 2.24) is 4.57 Å². The monoisotopic (exact) mass is 634 g/mol. The Morgan fingerprint density at radius 1 is 0.783 bits per heavy atom. The molecule has 0 aliphatic heterocycles. The van der Waals surface area contributed by atoms with Crippen LogP contribution in [0.4, 0.5) is 10.5 Å². The fraction of sp³-hybridized carbons (Fsp3) is 0.324. The van der Waals surface area contributed by atoms with Crippen molar-refractivity contribution >= 4 is 28.5 Å². The smallest absolute Gasteiger partial charge is 0.412 e. The van der Waals surface area contributed by atoms with Crippen LogP contribution >= 0.6 is 0 Å². The molecule has 0 bridgehead atoms. The van der Waals surface area contributed by atoms with Crippen LogP contribution in [0.25, 0.3) is 27.6 Å². The second-order valence-electron chi connectivity index (χ2n) is 10.9. The van der Waals surface area contributed by atoms with Crippen LogP contribution in [0.15, 0.2) is 53.3 Å². The molecule has 4 aromatic rings. The number of carbonyl (C=O) groups is 2. The zero-order valence-electron chi connectivity index (χ0n) is 27.4. The lowest BCUT2D eigenvalue weighted by molar-refractivity contribution is 0.0589. The lowest BCUT2D eigenvalue weighted by Crippen LogP contribution is -2.27. The number of rotatable bonds is 10. The molecule has 0 unspecified atom stereocenters. The van der Waals surface area contributed by atoms with Gasteiger partial charge in [-0.05, 0) is 81.8 Å². The molecule has 0 atom stereocenters. The maximum Gasteiger partial charge on any atom is 0.412 e. The van der Waals surface area contributed by atoms with Crippen LogP contribution in [-0.2, 0) is 9.47 Å². The number of pyridine rings is 1. The molecule has 1 amide bonds. The van der Waals surface area contributed by atoms with Gasteiger partial charge >= 0.3 is 12.1 Å². The minimum atomic E-state index is -0.785. The van der Waals surface area contributed by atoms with E-state index in [-0.39, 0.29) is 11.1 Å². The molecule has 12 nitrogen and oxygen atoms in total. The zero-order valence-corrected chi connectivity index (χ0v) is 27.4. The molecule has 0 aliphatic rings. The number of aromatic nitrogens is 1. The van der Waals surface area contributed by atoms with Gasteiger partial charge in [0, 0.05) is 22.3 Å². The molecule has 244 valence electrons. The Hall–Kier alpha value is -5.39. The molecule has 0 radical (unpaired) electrons. The molecule has 0 saturated carbocycles. The fourth-order valence-electron chi connectivity index (χ4n) is 5.00. The summed E-state index contributed by atoms with van der Waals surface area (Å²) in [5.41, 5.74) is 0.243. The summed E-state index contributed by atoms with van der Waals surface area (Å²) in [5, 5.41) is 3.29. The third-order valence-corrected chi connectivity index (χ3v) is 6.87. The highest BCUT2D eigenvalue weighted by molar-refractivity contribution is 6.08. The summed E-state index contributed by atoms with van der Waals surface area (Å²) in [5.74, 6) is 0.917. The highest BCUT2D eigenvalue weighted by Gasteiger charge is 2.28. The molecule has 12 heteroatoms. The van der Waals surface area contributed by atoms with Crippen LogP contribution in [0, 0.1) is 0 Å². The minimum absolute atomic E-state index is 0.0743. The van der Waals surface area contributed by atoms with E-state index in [0.29, 0.717) is 63.2 Å². The number of hydrogen-bond donors (Lipinski definition) is 1. The predicted octanol–water partition coefficient (Wildman–Crippen LogP) is 6.22. The first kappa shape index (κ1) is 33.5. The number of ether oxygens (including phenoxy) is 7. The summed E-state index contributed by atoms with van der Waals surface area (Å²) in [6, 6.07) is 13.0. The van der Waals surface area contributed by atoms with Crippen LogP contribution < -0.4 is 34.6 Å². The van der Waals surface area contributed by atoms with Crippen molar-refractivity contribution in [1.29, 1.82) is 0 Å². The minimum Gasteiger partial charge on any atom is -0.493 e. The highest BCUT2D eigenvalue weighted by atomic mass is 16.6. The average molecular weight is 635 g/mol. The quantitative estimate of drug-likeness (QED) is 0.200. The summed E-state index contributed by atoms with van der Waals surface area (Å²) >= 11 is 0. The van der Waals surface area contributed by atoms with Crippen molar-refractivity contribution in [2.45, 2.75) is 33.3 Å². The van der Waals surface area contributed by atoms with Gasteiger partial charge in [-0.1, -0.05) is 0 Å². The first-order valence-corrected chi connectivity index (χ1v) is 14.3. The largest absolute Gasteiger partial charge is 0.493 e. The Morgan fingerprint density at radius 3 is 1.87 bits per heavy atom. The van der Waals surface area contributed by atoms with Gasteiger partial charge in [0.05, 0.1) is 47.5 Å². The van der Waals surface area contributed by atoms with E-state index in [1.54, 1.807) is 69.3 Å². The van der Waals surface area contributed by atoms with Crippen molar-refractivity contribution in [3.05, 3.63) is 64.6 Å². The van der Waals surface area contributed by atoms with Gasteiger partial charge in [-0.25, -0.2) is 9.59 Å². The molecule has 4 rings (SSSR count). The van der Waals surface area contributed by atoms with Gasteiger partial charge in [0.2, 0.25) is 5.75 Å². The molecule has 1 N–H and O–H groups in total. The Bertz CT molecular complexity index is 1800. The van der Waals surface area contributed by atoms with Crippen molar-refractivity contribution < 1.29 is 42.7 Å². The zero-order chi connectivity index (χ0) is 33.8. The van der Waals surface area contributed by atoms with Gasteiger partial charge in [0.25, 0.3) is 5.56 Å². The summed E-state index contributed by atoms with van der Waals surface area (Å²) in [4.78, 5) is 40.4. The normalized spacial score (nSPS) is 11.1.